The van der Waals surface area contributed by atoms with Crippen LogP contribution in [0, 0.1) is 0 Å². The van der Waals surface area contributed by atoms with Crippen molar-refractivity contribution in [3.8, 4) is 0 Å². The molecule has 1 fully saturated rings. The van der Waals surface area contributed by atoms with Crippen LogP contribution >= 0.6 is 34.8 Å². The third-order valence-electron chi connectivity index (χ3n) is 2.20. The van der Waals surface area contributed by atoms with Gasteiger partial charge in [0.25, 0.3) is 0 Å². The summed E-state index contributed by atoms with van der Waals surface area (Å²) in [5.41, 5.74) is 6.81. The summed E-state index contributed by atoms with van der Waals surface area (Å²) in [7, 11) is 0. The molecule has 1 aromatic carbocycles. The first-order chi connectivity index (χ1) is 6.68. The fraction of sp³-hybridized carbons (Fsp3) is 0.333. The molecule has 0 aliphatic carbocycles. The molecule has 1 aromatic rings. The number of hydrogen-bond donors (Lipinski definition) is 2. The Labute approximate surface area is 97.5 Å². The van der Waals surface area contributed by atoms with Crippen molar-refractivity contribution >= 4 is 34.8 Å². The van der Waals surface area contributed by atoms with E-state index >= 15 is 0 Å². The van der Waals surface area contributed by atoms with Crippen molar-refractivity contribution in [2.45, 2.75) is 18.0 Å². The lowest BCUT2D eigenvalue weighted by atomic mass is 10.1. The molecule has 5 heteroatoms. The molecule has 0 aromatic heterocycles. The van der Waals surface area contributed by atoms with E-state index in [1.807, 2.05) is 18.2 Å². The zero-order valence-corrected chi connectivity index (χ0v) is 9.50. The van der Waals surface area contributed by atoms with Gasteiger partial charge in [0.1, 0.15) is 0 Å². The standard InChI is InChI=1S/C9H9Cl3N2/c10-5-2-1-3-6(11)9(5)7-4-8(12)14-13-7/h1-3,7-8,13-14H,4H2. The van der Waals surface area contributed by atoms with E-state index in [9.17, 15) is 0 Å². The van der Waals surface area contributed by atoms with Crippen LogP contribution in [-0.2, 0) is 0 Å². The summed E-state index contributed by atoms with van der Waals surface area (Å²) in [6.07, 6.45) is 0.769. The van der Waals surface area contributed by atoms with Gasteiger partial charge in [0.2, 0.25) is 0 Å². The average molecular weight is 252 g/mol. The maximum absolute atomic E-state index is 6.06. The Morgan fingerprint density at radius 2 is 1.79 bits per heavy atom. The zero-order valence-electron chi connectivity index (χ0n) is 7.23. The number of hydrogen-bond acceptors (Lipinski definition) is 2. The minimum atomic E-state index is -0.0765. The molecule has 0 spiro atoms. The van der Waals surface area contributed by atoms with E-state index in [1.54, 1.807) is 0 Å². The predicted octanol–water partition coefficient (Wildman–Crippen LogP) is 3.10. The highest BCUT2D eigenvalue weighted by atomic mass is 35.5. The highest BCUT2D eigenvalue weighted by molar-refractivity contribution is 6.36. The molecule has 14 heavy (non-hydrogen) atoms. The Morgan fingerprint density at radius 3 is 2.29 bits per heavy atom. The normalized spacial score (nSPS) is 26.8. The Kier molecular flexibility index (Phi) is 3.20. The van der Waals surface area contributed by atoms with Gasteiger partial charge in [-0.2, -0.15) is 0 Å². The molecule has 1 heterocycles. The van der Waals surface area contributed by atoms with Crippen LogP contribution in [0.25, 0.3) is 0 Å². The fourth-order valence-corrected chi connectivity index (χ4v) is 2.45. The third-order valence-corrected chi connectivity index (χ3v) is 3.15. The highest BCUT2D eigenvalue weighted by Crippen LogP contribution is 2.34. The zero-order chi connectivity index (χ0) is 10.1. The summed E-state index contributed by atoms with van der Waals surface area (Å²) in [6, 6.07) is 5.56. The van der Waals surface area contributed by atoms with E-state index in [1.165, 1.54) is 0 Å². The van der Waals surface area contributed by atoms with Crippen molar-refractivity contribution in [1.29, 1.82) is 0 Å². The molecule has 76 valence electrons. The fourth-order valence-electron chi connectivity index (χ4n) is 1.55. The molecule has 0 radical (unpaired) electrons. The van der Waals surface area contributed by atoms with Crippen LogP contribution in [0.5, 0.6) is 0 Å². The molecular weight excluding hydrogens is 242 g/mol. The van der Waals surface area contributed by atoms with Crippen LogP contribution in [0.15, 0.2) is 18.2 Å². The van der Waals surface area contributed by atoms with E-state index in [2.05, 4.69) is 10.9 Å². The second-order valence-electron chi connectivity index (χ2n) is 3.18. The molecule has 0 amide bonds. The van der Waals surface area contributed by atoms with Crippen LogP contribution in [-0.4, -0.2) is 5.50 Å². The van der Waals surface area contributed by atoms with Crippen LogP contribution < -0.4 is 10.9 Å². The van der Waals surface area contributed by atoms with E-state index < -0.39 is 0 Å². The van der Waals surface area contributed by atoms with Gasteiger partial charge < -0.3 is 0 Å². The number of hydrazine groups is 1. The molecule has 1 aliphatic rings. The molecule has 2 rings (SSSR count). The summed E-state index contributed by atoms with van der Waals surface area (Å²) < 4.78 is 0. The lowest BCUT2D eigenvalue weighted by Gasteiger charge is -2.13. The van der Waals surface area contributed by atoms with Crippen LogP contribution in [0.2, 0.25) is 10.0 Å². The van der Waals surface area contributed by atoms with E-state index in [4.69, 9.17) is 34.8 Å². The van der Waals surface area contributed by atoms with Gasteiger partial charge in [-0.05, 0) is 18.6 Å². The van der Waals surface area contributed by atoms with Crippen LogP contribution in [0.1, 0.15) is 18.0 Å². The third kappa shape index (κ3) is 2.00. The van der Waals surface area contributed by atoms with Gasteiger partial charge in [-0.25, -0.2) is 10.9 Å². The second kappa shape index (κ2) is 4.25. The summed E-state index contributed by atoms with van der Waals surface area (Å²) in [6.45, 7) is 0. The molecule has 2 nitrogen and oxygen atoms in total. The van der Waals surface area contributed by atoms with Crippen molar-refractivity contribution in [3.05, 3.63) is 33.8 Å². The van der Waals surface area contributed by atoms with E-state index in [0.29, 0.717) is 10.0 Å². The van der Waals surface area contributed by atoms with Crippen molar-refractivity contribution in [1.82, 2.24) is 10.9 Å². The number of alkyl halides is 1. The quantitative estimate of drug-likeness (QED) is 0.592. The van der Waals surface area contributed by atoms with Gasteiger partial charge >= 0.3 is 0 Å². The van der Waals surface area contributed by atoms with Crippen LogP contribution in [0.3, 0.4) is 0 Å². The van der Waals surface area contributed by atoms with E-state index in [0.717, 1.165) is 12.0 Å². The Morgan fingerprint density at radius 1 is 1.14 bits per heavy atom. The predicted molar refractivity (Wildman–Crippen MR) is 59.7 cm³/mol. The smallest absolute Gasteiger partial charge is 0.0970 e. The van der Waals surface area contributed by atoms with Gasteiger partial charge in [0, 0.05) is 15.6 Å². The first-order valence-corrected chi connectivity index (χ1v) is 5.47. The number of benzene rings is 1. The number of halogens is 3. The molecule has 0 saturated carbocycles. The van der Waals surface area contributed by atoms with Crippen molar-refractivity contribution in [2.75, 3.05) is 0 Å². The van der Waals surface area contributed by atoms with Crippen molar-refractivity contribution < 1.29 is 0 Å². The maximum Gasteiger partial charge on any atom is 0.0970 e. The number of rotatable bonds is 1. The molecule has 1 aliphatic heterocycles. The summed E-state index contributed by atoms with van der Waals surface area (Å²) >= 11 is 18.0. The number of nitrogens with one attached hydrogen (secondary N) is 2. The Bertz CT molecular complexity index is 323. The van der Waals surface area contributed by atoms with Gasteiger partial charge in [0.15, 0.2) is 0 Å². The lowest BCUT2D eigenvalue weighted by Crippen LogP contribution is -2.28. The first kappa shape index (κ1) is 10.5. The Hall–Kier alpha value is 0.01000. The summed E-state index contributed by atoms with van der Waals surface area (Å²) in [5.74, 6) is 0. The molecule has 2 unspecified atom stereocenters. The molecule has 0 bridgehead atoms. The minimum absolute atomic E-state index is 0.0765. The second-order valence-corrected chi connectivity index (χ2v) is 4.52. The SMILES string of the molecule is Clc1cccc(Cl)c1C1CC(Cl)NN1. The van der Waals surface area contributed by atoms with Gasteiger partial charge in [-0.3, -0.25) is 0 Å². The topological polar surface area (TPSA) is 24.1 Å². The monoisotopic (exact) mass is 250 g/mol. The van der Waals surface area contributed by atoms with Crippen molar-refractivity contribution in [2.24, 2.45) is 0 Å². The largest absolute Gasteiger partial charge is 0.249 e. The highest BCUT2D eigenvalue weighted by Gasteiger charge is 2.26. The van der Waals surface area contributed by atoms with Gasteiger partial charge in [-0.15, -0.1) is 11.6 Å². The maximum atomic E-state index is 6.06. The van der Waals surface area contributed by atoms with Gasteiger partial charge in [0.05, 0.1) is 11.5 Å². The van der Waals surface area contributed by atoms with Crippen LogP contribution in [0.4, 0.5) is 0 Å². The first-order valence-electron chi connectivity index (χ1n) is 4.27. The molecule has 2 atom stereocenters. The van der Waals surface area contributed by atoms with E-state index in [-0.39, 0.29) is 11.5 Å². The molecular formula is C9H9Cl3N2. The molecule has 2 N–H and O–H groups in total. The van der Waals surface area contributed by atoms with Gasteiger partial charge in [-0.1, -0.05) is 29.3 Å². The van der Waals surface area contributed by atoms with Crippen molar-refractivity contribution in [3.63, 3.8) is 0 Å². The lowest BCUT2D eigenvalue weighted by molar-refractivity contribution is 0.577. The molecule has 1 saturated heterocycles. The Balaban J connectivity index is 2.31. The summed E-state index contributed by atoms with van der Waals surface area (Å²) in [4.78, 5) is 0. The minimum Gasteiger partial charge on any atom is -0.249 e. The summed E-state index contributed by atoms with van der Waals surface area (Å²) in [5, 5.41) is 1.34. The average Bonchev–Trinajstić information content (AvgIpc) is 2.51.